The van der Waals surface area contributed by atoms with Gasteiger partial charge in [0.2, 0.25) is 5.91 Å². The number of nitrogens with zero attached hydrogens (tertiary/aromatic N) is 5. The summed E-state index contributed by atoms with van der Waals surface area (Å²) in [4.78, 5) is 30.5. The maximum atomic E-state index is 12.4. The number of hydrogen-bond donors (Lipinski definition) is 1. The Balaban J connectivity index is 1.64. The van der Waals surface area contributed by atoms with Crippen LogP contribution in [0.4, 0.5) is 0 Å². The van der Waals surface area contributed by atoms with Crippen LogP contribution in [-0.4, -0.2) is 45.4 Å². The van der Waals surface area contributed by atoms with Crippen LogP contribution in [-0.2, 0) is 17.8 Å². The predicted molar refractivity (Wildman–Crippen MR) is 112 cm³/mol. The number of carbonyl (C=O) groups is 2. The maximum absolute atomic E-state index is 12.4. The number of aromatic nitrogens is 3. The molecule has 0 unspecified atom stereocenters. The van der Waals surface area contributed by atoms with Crippen molar-refractivity contribution in [1.29, 1.82) is 5.26 Å². The molecule has 2 aromatic heterocycles. The number of hydrogen-bond acceptors (Lipinski definition) is 5. The van der Waals surface area contributed by atoms with Crippen molar-refractivity contribution in [3.63, 3.8) is 0 Å². The smallest absolute Gasteiger partial charge is 0.253 e. The molecule has 1 aromatic carbocycles. The molecular weight excluding hydrogens is 380 g/mol. The first-order chi connectivity index (χ1) is 14.3. The molecule has 30 heavy (non-hydrogen) atoms. The molecule has 0 saturated heterocycles. The van der Waals surface area contributed by atoms with Crippen molar-refractivity contribution >= 4 is 17.5 Å². The summed E-state index contributed by atoms with van der Waals surface area (Å²) in [6, 6.07) is 9.33. The van der Waals surface area contributed by atoms with E-state index in [1.54, 1.807) is 30.7 Å². The monoisotopic (exact) mass is 404 g/mol. The second-order valence-electron chi connectivity index (χ2n) is 7.34. The van der Waals surface area contributed by atoms with Gasteiger partial charge in [0.15, 0.2) is 5.65 Å². The van der Waals surface area contributed by atoms with E-state index in [2.05, 4.69) is 21.5 Å². The van der Waals surface area contributed by atoms with Crippen molar-refractivity contribution in [3.05, 3.63) is 64.1 Å². The fraction of sp³-hybridized carbons (Fsp3) is 0.318. The van der Waals surface area contributed by atoms with E-state index in [-0.39, 0.29) is 11.8 Å². The first-order valence-corrected chi connectivity index (χ1v) is 9.63. The first kappa shape index (κ1) is 21.0. The third-order valence-electron chi connectivity index (χ3n) is 5.00. The summed E-state index contributed by atoms with van der Waals surface area (Å²) in [7, 11) is 3.41. The second-order valence-corrected chi connectivity index (χ2v) is 7.34. The molecule has 0 aliphatic heterocycles. The number of nitrogens with one attached hydrogen (secondary N) is 1. The molecule has 3 rings (SSSR count). The van der Waals surface area contributed by atoms with Gasteiger partial charge in [-0.15, -0.1) is 0 Å². The number of aryl methyl sites for hydroxylation is 2. The first-order valence-electron chi connectivity index (χ1n) is 9.63. The highest BCUT2D eigenvalue weighted by atomic mass is 16.2. The van der Waals surface area contributed by atoms with E-state index < -0.39 is 0 Å². The maximum Gasteiger partial charge on any atom is 0.253 e. The van der Waals surface area contributed by atoms with Crippen LogP contribution in [0.3, 0.4) is 0 Å². The number of carbonyl (C=O) groups excluding carboxylic acids is 2. The zero-order valence-electron chi connectivity index (χ0n) is 17.6. The van der Waals surface area contributed by atoms with Gasteiger partial charge in [-0.05, 0) is 43.5 Å². The van der Waals surface area contributed by atoms with Gasteiger partial charge < -0.3 is 10.2 Å². The minimum atomic E-state index is -0.0867. The third kappa shape index (κ3) is 4.30. The number of benzene rings is 1. The Morgan fingerprint density at radius 2 is 2.03 bits per heavy atom. The molecule has 2 amide bonds. The lowest BCUT2D eigenvalue weighted by Gasteiger charge is -2.12. The van der Waals surface area contributed by atoms with Gasteiger partial charge in [0.1, 0.15) is 11.6 Å². The molecule has 0 spiro atoms. The molecule has 2 heterocycles. The van der Waals surface area contributed by atoms with Crippen LogP contribution in [0.15, 0.2) is 30.5 Å². The van der Waals surface area contributed by atoms with Gasteiger partial charge in [0.25, 0.3) is 5.91 Å². The number of nitriles is 1. The minimum Gasteiger partial charge on any atom is -0.352 e. The quantitative estimate of drug-likeness (QED) is 0.678. The van der Waals surface area contributed by atoms with Crippen LogP contribution in [0.2, 0.25) is 0 Å². The van der Waals surface area contributed by atoms with Crippen molar-refractivity contribution in [2.75, 3.05) is 14.1 Å². The van der Waals surface area contributed by atoms with Crippen LogP contribution in [0.5, 0.6) is 0 Å². The summed E-state index contributed by atoms with van der Waals surface area (Å²) in [5.74, 6) is -0.161. The lowest BCUT2D eigenvalue weighted by atomic mass is 10.1. The van der Waals surface area contributed by atoms with E-state index in [0.717, 1.165) is 22.5 Å². The summed E-state index contributed by atoms with van der Waals surface area (Å²) < 4.78 is 1.64. The molecule has 0 radical (unpaired) electrons. The molecule has 0 saturated carbocycles. The summed E-state index contributed by atoms with van der Waals surface area (Å²) >= 11 is 0. The predicted octanol–water partition coefficient (Wildman–Crippen LogP) is 2.17. The van der Waals surface area contributed by atoms with Crippen molar-refractivity contribution in [2.45, 2.75) is 33.2 Å². The van der Waals surface area contributed by atoms with E-state index in [1.807, 2.05) is 26.0 Å². The standard InChI is InChI=1S/C22H24N6O2/c1-14-19(15(2)28-21(26-14)18(11-23)13-25-28)8-9-20(29)24-12-16-6-5-7-17(10-16)22(30)27(3)4/h5-7,10,13H,8-9,12H2,1-4H3,(H,24,29). The highest BCUT2D eigenvalue weighted by Gasteiger charge is 2.15. The van der Waals surface area contributed by atoms with Gasteiger partial charge in [-0.25, -0.2) is 9.50 Å². The Bertz CT molecular complexity index is 1160. The lowest BCUT2D eigenvalue weighted by molar-refractivity contribution is -0.121. The van der Waals surface area contributed by atoms with Crippen LogP contribution in [0, 0.1) is 25.2 Å². The Hall–Kier alpha value is -3.73. The van der Waals surface area contributed by atoms with Crippen molar-refractivity contribution in [1.82, 2.24) is 24.8 Å². The number of rotatable bonds is 6. The van der Waals surface area contributed by atoms with Crippen LogP contribution in [0.1, 0.15) is 44.9 Å². The molecule has 0 aliphatic rings. The average Bonchev–Trinajstić information content (AvgIpc) is 3.14. The summed E-state index contributed by atoms with van der Waals surface area (Å²) in [6.45, 7) is 4.14. The van der Waals surface area contributed by atoms with E-state index >= 15 is 0 Å². The minimum absolute atomic E-state index is 0.0739. The zero-order valence-corrected chi connectivity index (χ0v) is 17.6. The average molecular weight is 404 g/mol. The molecule has 0 fully saturated rings. The van der Waals surface area contributed by atoms with Crippen molar-refractivity contribution < 1.29 is 9.59 Å². The van der Waals surface area contributed by atoms with E-state index in [1.165, 1.54) is 11.1 Å². The highest BCUT2D eigenvalue weighted by Crippen LogP contribution is 2.18. The van der Waals surface area contributed by atoms with Gasteiger partial charge in [-0.1, -0.05) is 12.1 Å². The Morgan fingerprint density at radius 1 is 1.27 bits per heavy atom. The highest BCUT2D eigenvalue weighted by molar-refractivity contribution is 5.94. The topological polar surface area (TPSA) is 103 Å². The molecule has 0 atom stereocenters. The van der Waals surface area contributed by atoms with Crippen LogP contribution < -0.4 is 5.32 Å². The molecule has 1 N–H and O–H groups in total. The summed E-state index contributed by atoms with van der Waals surface area (Å²) in [5.41, 5.74) is 5.04. The molecule has 154 valence electrons. The molecule has 0 bridgehead atoms. The lowest BCUT2D eigenvalue weighted by Crippen LogP contribution is -2.24. The Morgan fingerprint density at radius 3 is 2.73 bits per heavy atom. The Kier molecular flexibility index (Phi) is 6.11. The van der Waals surface area contributed by atoms with E-state index in [4.69, 9.17) is 5.26 Å². The fourth-order valence-corrected chi connectivity index (χ4v) is 3.35. The van der Waals surface area contributed by atoms with Crippen LogP contribution >= 0.6 is 0 Å². The van der Waals surface area contributed by atoms with E-state index in [0.29, 0.717) is 36.2 Å². The largest absolute Gasteiger partial charge is 0.352 e. The molecule has 3 aromatic rings. The van der Waals surface area contributed by atoms with Gasteiger partial charge >= 0.3 is 0 Å². The molecule has 8 nitrogen and oxygen atoms in total. The third-order valence-corrected chi connectivity index (χ3v) is 5.00. The summed E-state index contributed by atoms with van der Waals surface area (Å²) in [5, 5.41) is 16.3. The Labute approximate surface area is 175 Å². The molecule has 0 aliphatic carbocycles. The van der Waals surface area contributed by atoms with Crippen molar-refractivity contribution in [3.8, 4) is 6.07 Å². The molecular formula is C22H24N6O2. The fourth-order valence-electron chi connectivity index (χ4n) is 3.35. The summed E-state index contributed by atoms with van der Waals surface area (Å²) in [6.07, 6.45) is 2.32. The van der Waals surface area contributed by atoms with Gasteiger partial charge in [-0.2, -0.15) is 10.4 Å². The van der Waals surface area contributed by atoms with Gasteiger partial charge in [-0.3, -0.25) is 9.59 Å². The van der Waals surface area contributed by atoms with Gasteiger partial charge in [0.05, 0.1) is 6.20 Å². The molecule has 8 heteroatoms. The van der Waals surface area contributed by atoms with Crippen LogP contribution in [0.25, 0.3) is 5.65 Å². The number of amides is 2. The second kappa shape index (κ2) is 8.74. The zero-order chi connectivity index (χ0) is 21.8. The normalized spacial score (nSPS) is 10.6. The number of fused-ring (bicyclic) bond motifs is 1. The van der Waals surface area contributed by atoms with E-state index in [9.17, 15) is 9.59 Å². The SMILES string of the molecule is Cc1nc2c(C#N)cnn2c(C)c1CCC(=O)NCc1cccc(C(=O)N(C)C)c1. The van der Waals surface area contributed by atoms with Crippen molar-refractivity contribution in [2.24, 2.45) is 0 Å². The van der Waals surface area contributed by atoms with Gasteiger partial charge in [0, 0.05) is 44.0 Å².